The number of hydrogen-bond donors (Lipinski definition) is 1. The summed E-state index contributed by atoms with van der Waals surface area (Å²) in [6.07, 6.45) is 3.07. The number of H-pyrrole nitrogens is 1. The highest BCUT2D eigenvalue weighted by Gasteiger charge is 1.95. The van der Waals surface area contributed by atoms with Crippen LogP contribution in [0.5, 0.6) is 0 Å². The summed E-state index contributed by atoms with van der Waals surface area (Å²) < 4.78 is 0. The Morgan fingerprint density at radius 1 is 1.25 bits per heavy atom. The van der Waals surface area contributed by atoms with Crippen LogP contribution in [0.1, 0.15) is 5.56 Å². The van der Waals surface area contributed by atoms with Gasteiger partial charge in [0.2, 0.25) is 0 Å². The maximum Gasteiger partial charge on any atom is 0.0454 e. The third kappa shape index (κ3) is 1.39. The fourth-order valence-corrected chi connectivity index (χ4v) is 1.83. The summed E-state index contributed by atoms with van der Waals surface area (Å²) in [6.45, 7) is 0. The van der Waals surface area contributed by atoms with Gasteiger partial charge in [-0.3, -0.25) is 0 Å². The van der Waals surface area contributed by atoms with Crippen molar-refractivity contribution in [1.29, 1.82) is 0 Å². The molecule has 0 bridgehead atoms. The second-order valence-electron chi connectivity index (χ2n) is 2.84. The van der Waals surface area contributed by atoms with E-state index < -0.39 is 0 Å². The smallest absolute Gasteiger partial charge is 0.0454 e. The van der Waals surface area contributed by atoms with E-state index in [9.17, 15) is 0 Å². The highest BCUT2D eigenvalue weighted by atomic mass is 79.9. The van der Waals surface area contributed by atoms with Crippen molar-refractivity contribution >= 4 is 26.8 Å². The van der Waals surface area contributed by atoms with Gasteiger partial charge < -0.3 is 4.98 Å². The Labute approximate surface area is 79.9 Å². The standard InChI is InChI=1S/C10H10BrN/c11-5-3-8-1-2-10-9(7-8)4-6-12-10/h1-2,4,6-7,12H,3,5H2. The van der Waals surface area contributed by atoms with Crippen LogP contribution in [0.4, 0.5) is 0 Å². The normalized spacial score (nSPS) is 10.8. The van der Waals surface area contributed by atoms with Gasteiger partial charge in [0.25, 0.3) is 0 Å². The van der Waals surface area contributed by atoms with Crippen LogP contribution in [0.25, 0.3) is 10.9 Å². The lowest BCUT2D eigenvalue weighted by atomic mass is 10.1. The number of rotatable bonds is 2. The molecule has 0 aliphatic heterocycles. The van der Waals surface area contributed by atoms with E-state index in [1.54, 1.807) is 0 Å². The van der Waals surface area contributed by atoms with E-state index in [0.29, 0.717) is 0 Å². The first-order valence-electron chi connectivity index (χ1n) is 4.02. The van der Waals surface area contributed by atoms with Crippen molar-refractivity contribution in [3.63, 3.8) is 0 Å². The van der Waals surface area contributed by atoms with Crippen molar-refractivity contribution in [2.45, 2.75) is 6.42 Å². The van der Waals surface area contributed by atoms with E-state index in [4.69, 9.17) is 0 Å². The van der Waals surface area contributed by atoms with E-state index in [1.165, 1.54) is 16.5 Å². The van der Waals surface area contributed by atoms with Gasteiger partial charge in [0, 0.05) is 17.0 Å². The first-order valence-corrected chi connectivity index (χ1v) is 5.14. The summed E-state index contributed by atoms with van der Waals surface area (Å²) in [5, 5.41) is 2.33. The predicted molar refractivity (Wildman–Crippen MR) is 55.8 cm³/mol. The zero-order valence-electron chi connectivity index (χ0n) is 6.68. The van der Waals surface area contributed by atoms with Gasteiger partial charge >= 0.3 is 0 Å². The van der Waals surface area contributed by atoms with Crippen molar-refractivity contribution in [3.05, 3.63) is 36.0 Å². The lowest BCUT2D eigenvalue weighted by Crippen LogP contribution is -1.83. The highest BCUT2D eigenvalue weighted by molar-refractivity contribution is 9.09. The Morgan fingerprint density at radius 3 is 3.00 bits per heavy atom. The Kier molecular flexibility index (Phi) is 2.17. The molecule has 1 nitrogen and oxygen atoms in total. The molecule has 12 heavy (non-hydrogen) atoms. The Hall–Kier alpha value is -0.760. The van der Waals surface area contributed by atoms with Gasteiger partial charge in [0.1, 0.15) is 0 Å². The summed E-state index contributed by atoms with van der Waals surface area (Å²) in [4.78, 5) is 3.18. The van der Waals surface area contributed by atoms with Gasteiger partial charge in [-0.05, 0) is 35.6 Å². The zero-order valence-corrected chi connectivity index (χ0v) is 8.26. The lowest BCUT2D eigenvalue weighted by molar-refractivity contribution is 1.18. The maximum atomic E-state index is 3.43. The second-order valence-corrected chi connectivity index (χ2v) is 3.63. The summed E-state index contributed by atoms with van der Waals surface area (Å²) in [5.74, 6) is 0. The molecule has 0 aliphatic rings. The average Bonchev–Trinajstić information content (AvgIpc) is 2.51. The van der Waals surface area contributed by atoms with Crippen LogP contribution in [0.15, 0.2) is 30.5 Å². The van der Waals surface area contributed by atoms with Gasteiger partial charge in [-0.2, -0.15) is 0 Å². The Bertz CT molecular complexity index is 378. The van der Waals surface area contributed by atoms with E-state index in [1.807, 2.05) is 6.20 Å². The van der Waals surface area contributed by atoms with Gasteiger partial charge in [-0.1, -0.05) is 22.0 Å². The zero-order chi connectivity index (χ0) is 8.39. The van der Waals surface area contributed by atoms with Crippen LogP contribution >= 0.6 is 15.9 Å². The first-order chi connectivity index (χ1) is 5.90. The number of aromatic amines is 1. The number of aromatic nitrogens is 1. The molecule has 2 rings (SSSR count). The monoisotopic (exact) mass is 223 g/mol. The molecule has 0 atom stereocenters. The van der Waals surface area contributed by atoms with Crippen LogP contribution < -0.4 is 0 Å². The summed E-state index contributed by atoms with van der Waals surface area (Å²) in [5.41, 5.74) is 2.60. The molecule has 0 radical (unpaired) electrons. The van der Waals surface area contributed by atoms with E-state index in [2.05, 4.69) is 45.2 Å². The number of nitrogens with one attached hydrogen (secondary N) is 1. The number of halogens is 1. The molecule has 0 amide bonds. The lowest BCUT2D eigenvalue weighted by Gasteiger charge is -1.96. The molecular weight excluding hydrogens is 214 g/mol. The molecule has 62 valence electrons. The minimum absolute atomic E-state index is 1.03. The highest BCUT2D eigenvalue weighted by Crippen LogP contribution is 2.14. The molecule has 0 saturated heterocycles. The predicted octanol–water partition coefficient (Wildman–Crippen LogP) is 3.11. The minimum atomic E-state index is 1.03. The summed E-state index contributed by atoms with van der Waals surface area (Å²) in [7, 11) is 0. The largest absolute Gasteiger partial charge is 0.361 e. The second kappa shape index (κ2) is 3.31. The third-order valence-corrected chi connectivity index (χ3v) is 2.40. The SMILES string of the molecule is BrCCc1ccc2[nH]ccc2c1. The quantitative estimate of drug-likeness (QED) is 0.754. The van der Waals surface area contributed by atoms with Crippen LogP contribution in [0.3, 0.4) is 0 Å². The van der Waals surface area contributed by atoms with Crippen molar-refractivity contribution < 1.29 is 0 Å². The van der Waals surface area contributed by atoms with Gasteiger partial charge in [0.05, 0.1) is 0 Å². The molecule has 1 aromatic heterocycles. The van der Waals surface area contributed by atoms with Gasteiger partial charge in [-0.15, -0.1) is 0 Å². The van der Waals surface area contributed by atoms with Crippen molar-refractivity contribution in [2.75, 3.05) is 5.33 Å². The Morgan fingerprint density at radius 2 is 2.17 bits per heavy atom. The van der Waals surface area contributed by atoms with E-state index in [0.717, 1.165) is 11.8 Å². The van der Waals surface area contributed by atoms with E-state index >= 15 is 0 Å². The van der Waals surface area contributed by atoms with Crippen LogP contribution in [0, 0.1) is 0 Å². The molecule has 0 spiro atoms. The summed E-state index contributed by atoms with van der Waals surface area (Å²) >= 11 is 3.43. The number of benzene rings is 1. The number of aryl methyl sites for hydroxylation is 1. The van der Waals surface area contributed by atoms with Crippen molar-refractivity contribution in [1.82, 2.24) is 4.98 Å². The third-order valence-electron chi connectivity index (χ3n) is 2.00. The molecule has 1 heterocycles. The fourth-order valence-electron chi connectivity index (χ4n) is 1.37. The topological polar surface area (TPSA) is 15.8 Å². The molecular formula is C10H10BrN. The molecule has 2 aromatic rings. The van der Waals surface area contributed by atoms with Crippen molar-refractivity contribution in [3.8, 4) is 0 Å². The van der Waals surface area contributed by atoms with Gasteiger partial charge in [-0.25, -0.2) is 0 Å². The molecule has 0 unspecified atom stereocenters. The molecule has 1 N–H and O–H groups in total. The first kappa shape index (κ1) is 7.87. The number of hydrogen-bond acceptors (Lipinski definition) is 0. The fraction of sp³-hybridized carbons (Fsp3) is 0.200. The van der Waals surface area contributed by atoms with Crippen molar-refractivity contribution in [2.24, 2.45) is 0 Å². The van der Waals surface area contributed by atoms with E-state index in [-0.39, 0.29) is 0 Å². The van der Waals surface area contributed by atoms with Crippen LogP contribution in [-0.2, 0) is 6.42 Å². The van der Waals surface area contributed by atoms with Crippen LogP contribution in [-0.4, -0.2) is 10.3 Å². The average molecular weight is 224 g/mol. The minimum Gasteiger partial charge on any atom is -0.361 e. The Balaban J connectivity index is 2.46. The molecule has 0 aliphatic carbocycles. The molecule has 0 fully saturated rings. The number of fused-ring (bicyclic) bond motifs is 1. The molecule has 2 heteroatoms. The maximum absolute atomic E-state index is 3.43. The number of alkyl halides is 1. The molecule has 1 aromatic carbocycles. The molecule has 0 saturated carbocycles. The summed E-state index contributed by atoms with van der Waals surface area (Å²) in [6, 6.07) is 8.63. The van der Waals surface area contributed by atoms with Crippen LogP contribution in [0.2, 0.25) is 0 Å². The van der Waals surface area contributed by atoms with Gasteiger partial charge in [0.15, 0.2) is 0 Å².